The van der Waals surface area contributed by atoms with Gasteiger partial charge in [-0.3, -0.25) is 0 Å². The van der Waals surface area contributed by atoms with Crippen molar-refractivity contribution in [2.45, 2.75) is 13.3 Å². The third-order valence-corrected chi connectivity index (χ3v) is 2.49. The molecule has 3 nitrogen and oxygen atoms in total. The van der Waals surface area contributed by atoms with Crippen molar-refractivity contribution in [3.63, 3.8) is 0 Å². The predicted molar refractivity (Wildman–Crippen MR) is 60.4 cm³/mol. The molecule has 15 heavy (non-hydrogen) atoms. The lowest BCUT2D eigenvalue weighted by Gasteiger charge is -2.16. The van der Waals surface area contributed by atoms with Crippen molar-refractivity contribution in [1.82, 2.24) is 4.90 Å². The minimum absolute atomic E-state index is 0.517. The molecule has 0 radical (unpaired) electrons. The molecule has 0 saturated heterocycles. The lowest BCUT2D eigenvalue weighted by Crippen LogP contribution is -2.31. The monoisotopic (exact) mass is 227 g/mol. The maximum atomic E-state index is 10.7. The van der Waals surface area contributed by atoms with Crippen molar-refractivity contribution < 1.29 is 9.90 Å². The molecule has 0 aromatic heterocycles. The minimum Gasteiger partial charge on any atom is -0.465 e. The van der Waals surface area contributed by atoms with Crippen LogP contribution < -0.4 is 0 Å². The number of benzene rings is 1. The van der Waals surface area contributed by atoms with Gasteiger partial charge in [-0.25, -0.2) is 4.79 Å². The van der Waals surface area contributed by atoms with Gasteiger partial charge in [-0.15, -0.1) is 0 Å². The average Bonchev–Trinajstić information content (AvgIpc) is 2.21. The molecular weight excluding hydrogens is 214 g/mol. The summed E-state index contributed by atoms with van der Waals surface area (Å²) in [4.78, 5) is 12.1. The van der Waals surface area contributed by atoms with Gasteiger partial charge in [0.15, 0.2) is 0 Å². The van der Waals surface area contributed by atoms with Gasteiger partial charge in [-0.1, -0.05) is 23.7 Å². The largest absolute Gasteiger partial charge is 0.465 e. The van der Waals surface area contributed by atoms with E-state index in [0.717, 1.165) is 12.0 Å². The lowest BCUT2D eigenvalue weighted by molar-refractivity contribution is 0.148. The first-order valence-corrected chi connectivity index (χ1v) is 5.23. The molecule has 0 spiro atoms. The van der Waals surface area contributed by atoms with Gasteiger partial charge in [-0.05, 0) is 31.0 Å². The van der Waals surface area contributed by atoms with E-state index in [4.69, 9.17) is 16.7 Å². The standard InChI is InChI=1S/C11H14ClNO2/c1-2-13(11(14)15)8-7-9-3-5-10(12)6-4-9/h3-6H,2,7-8H2,1H3,(H,14,15). The Hall–Kier alpha value is -1.22. The van der Waals surface area contributed by atoms with Crippen LogP contribution in [0.2, 0.25) is 5.02 Å². The van der Waals surface area contributed by atoms with Gasteiger partial charge in [0, 0.05) is 18.1 Å². The first kappa shape index (κ1) is 11.9. The molecular formula is C11H14ClNO2. The zero-order valence-corrected chi connectivity index (χ0v) is 9.37. The molecule has 0 atom stereocenters. The summed E-state index contributed by atoms with van der Waals surface area (Å²) in [7, 11) is 0. The minimum atomic E-state index is -0.869. The fourth-order valence-corrected chi connectivity index (χ4v) is 1.43. The first-order chi connectivity index (χ1) is 7.13. The molecule has 1 aromatic carbocycles. The molecule has 4 heteroatoms. The van der Waals surface area contributed by atoms with E-state index in [2.05, 4.69) is 0 Å². The molecule has 0 fully saturated rings. The van der Waals surface area contributed by atoms with Crippen LogP contribution in [0.5, 0.6) is 0 Å². The molecule has 1 rings (SSSR count). The van der Waals surface area contributed by atoms with Crippen LogP contribution in [0.25, 0.3) is 0 Å². The first-order valence-electron chi connectivity index (χ1n) is 4.85. The molecule has 0 saturated carbocycles. The van der Waals surface area contributed by atoms with E-state index in [-0.39, 0.29) is 0 Å². The zero-order valence-electron chi connectivity index (χ0n) is 8.61. The summed E-state index contributed by atoms with van der Waals surface area (Å²) < 4.78 is 0. The Morgan fingerprint density at radius 1 is 1.40 bits per heavy atom. The third kappa shape index (κ3) is 3.80. The fourth-order valence-electron chi connectivity index (χ4n) is 1.30. The van der Waals surface area contributed by atoms with Crippen molar-refractivity contribution in [3.8, 4) is 0 Å². The van der Waals surface area contributed by atoms with Gasteiger partial charge in [0.05, 0.1) is 0 Å². The fraction of sp³-hybridized carbons (Fsp3) is 0.364. The van der Waals surface area contributed by atoms with Crippen molar-refractivity contribution >= 4 is 17.7 Å². The number of rotatable bonds is 4. The Kier molecular flexibility index (Phi) is 4.43. The van der Waals surface area contributed by atoms with Crippen LogP contribution in [0, 0.1) is 0 Å². The second-order valence-electron chi connectivity index (χ2n) is 3.24. The molecule has 82 valence electrons. The van der Waals surface area contributed by atoms with Crippen molar-refractivity contribution in [2.75, 3.05) is 13.1 Å². The molecule has 0 heterocycles. The number of nitrogens with zero attached hydrogens (tertiary/aromatic N) is 1. The lowest BCUT2D eigenvalue weighted by atomic mass is 10.1. The van der Waals surface area contributed by atoms with Crippen LogP contribution in [0.15, 0.2) is 24.3 Å². The average molecular weight is 228 g/mol. The van der Waals surface area contributed by atoms with Gasteiger partial charge in [0.1, 0.15) is 0 Å². The van der Waals surface area contributed by atoms with Crippen LogP contribution in [-0.2, 0) is 6.42 Å². The van der Waals surface area contributed by atoms with Crippen LogP contribution in [0.3, 0.4) is 0 Å². The highest BCUT2D eigenvalue weighted by atomic mass is 35.5. The van der Waals surface area contributed by atoms with Gasteiger partial charge in [0.2, 0.25) is 0 Å². The number of hydrogen-bond acceptors (Lipinski definition) is 1. The number of hydrogen-bond donors (Lipinski definition) is 1. The van der Waals surface area contributed by atoms with Crippen LogP contribution >= 0.6 is 11.6 Å². The maximum Gasteiger partial charge on any atom is 0.407 e. The SMILES string of the molecule is CCN(CCc1ccc(Cl)cc1)C(=O)O. The number of likely N-dealkylation sites (N-methyl/N-ethyl adjacent to an activating group) is 1. The highest BCUT2D eigenvalue weighted by molar-refractivity contribution is 6.30. The van der Waals surface area contributed by atoms with E-state index in [1.165, 1.54) is 4.90 Å². The Balaban J connectivity index is 2.49. The van der Waals surface area contributed by atoms with Gasteiger partial charge < -0.3 is 10.0 Å². The van der Waals surface area contributed by atoms with Crippen LogP contribution in [0.1, 0.15) is 12.5 Å². The van der Waals surface area contributed by atoms with Crippen molar-refractivity contribution in [3.05, 3.63) is 34.9 Å². The smallest absolute Gasteiger partial charge is 0.407 e. The molecule has 1 amide bonds. The summed E-state index contributed by atoms with van der Waals surface area (Å²) in [6, 6.07) is 7.46. The van der Waals surface area contributed by atoms with E-state index < -0.39 is 6.09 Å². The number of carbonyl (C=O) groups is 1. The number of halogens is 1. The Morgan fingerprint density at radius 2 is 2.00 bits per heavy atom. The molecule has 1 aromatic rings. The summed E-state index contributed by atoms with van der Waals surface area (Å²) in [5, 5.41) is 9.50. The summed E-state index contributed by atoms with van der Waals surface area (Å²) in [6.07, 6.45) is -0.149. The van der Waals surface area contributed by atoms with E-state index in [1.807, 2.05) is 31.2 Å². The molecule has 0 unspecified atom stereocenters. The summed E-state index contributed by atoms with van der Waals surface area (Å²) in [5.74, 6) is 0. The topological polar surface area (TPSA) is 40.5 Å². The number of amides is 1. The molecule has 0 aliphatic carbocycles. The second-order valence-corrected chi connectivity index (χ2v) is 3.68. The second kappa shape index (κ2) is 5.61. The maximum absolute atomic E-state index is 10.7. The molecule has 0 aliphatic heterocycles. The van der Waals surface area contributed by atoms with Gasteiger partial charge in [0.25, 0.3) is 0 Å². The Bertz CT molecular complexity index is 324. The summed E-state index contributed by atoms with van der Waals surface area (Å²) in [6.45, 7) is 2.87. The quantitative estimate of drug-likeness (QED) is 0.859. The Labute approximate surface area is 94.3 Å². The Morgan fingerprint density at radius 3 is 2.47 bits per heavy atom. The summed E-state index contributed by atoms with van der Waals surface area (Å²) >= 11 is 5.75. The van der Waals surface area contributed by atoms with Crippen LogP contribution in [0.4, 0.5) is 4.79 Å². The van der Waals surface area contributed by atoms with Gasteiger partial charge in [-0.2, -0.15) is 0 Å². The van der Waals surface area contributed by atoms with Crippen molar-refractivity contribution in [2.24, 2.45) is 0 Å². The van der Waals surface area contributed by atoms with E-state index in [0.29, 0.717) is 18.1 Å². The highest BCUT2D eigenvalue weighted by Crippen LogP contribution is 2.10. The predicted octanol–water partition coefficient (Wildman–Crippen LogP) is 2.88. The van der Waals surface area contributed by atoms with E-state index in [1.54, 1.807) is 0 Å². The van der Waals surface area contributed by atoms with E-state index >= 15 is 0 Å². The highest BCUT2D eigenvalue weighted by Gasteiger charge is 2.08. The third-order valence-electron chi connectivity index (χ3n) is 2.24. The van der Waals surface area contributed by atoms with Gasteiger partial charge >= 0.3 is 6.09 Å². The zero-order chi connectivity index (χ0) is 11.3. The molecule has 0 bridgehead atoms. The summed E-state index contributed by atoms with van der Waals surface area (Å²) in [5.41, 5.74) is 1.10. The van der Waals surface area contributed by atoms with Crippen LogP contribution in [-0.4, -0.2) is 29.2 Å². The van der Waals surface area contributed by atoms with Crippen molar-refractivity contribution in [1.29, 1.82) is 0 Å². The molecule has 0 aliphatic rings. The van der Waals surface area contributed by atoms with E-state index in [9.17, 15) is 4.79 Å². The molecule has 1 N–H and O–H groups in total. The normalized spacial score (nSPS) is 10.0. The number of carboxylic acid groups (broad SMARTS) is 1.